The monoisotopic (exact) mass is 243 g/mol. The van der Waals surface area contributed by atoms with E-state index in [2.05, 4.69) is 10.3 Å². The van der Waals surface area contributed by atoms with Gasteiger partial charge in [-0.25, -0.2) is 0 Å². The molecule has 5 nitrogen and oxygen atoms in total. The van der Waals surface area contributed by atoms with Crippen molar-refractivity contribution < 1.29 is 4.92 Å². The number of nitrogens with zero attached hydrogens (tertiary/aromatic N) is 2. The molecule has 1 N–H and O–H groups in total. The zero-order valence-electron chi connectivity index (χ0n) is 9.74. The third kappa shape index (κ3) is 3.04. The minimum absolute atomic E-state index is 0.00515. The van der Waals surface area contributed by atoms with E-state index in [1.54, 1.807) is 6.07 Å². The Bertz CT molecular complexity index is 529. The predicted molar refractivity (Wildman–Crippen MR) is 69.5 cm³/mol. The van der Waals surface area contributed by atoms with Gasteiger partial charge in [0.15, 0.2) is 0 Å². The molecule has 0 aliphatic rings. The second-order valence-electron chi connectivity index (χ2n) is 3.81. The van der Waals surface area contributed by atoms with Crippen molar-refractivity contribution in [3.63, 3.8) is 0 Å². The number of rotatable bonds is 5. The summed E-state index contributed by atoms with van der Waals surface area (Å²) in [5, 5.41) is 13.8. The van der Waals surface area contributed by atoms with E-state index in [-0.39, 0.29) is 5.69 Å². The number of pyridine rings is 1. The Kier molecular flexibility index (Phi) is 3.86. The molecule has 0 atom stereocenters. The number of hydrogen-bond acceptors (Lipinski definition) is 4. The quantitative estimate of drug-likeness (QED) is 0.647. The van der Waals surface area contributed by atoms with Crippen LogP contribution in [0.5, 0.6) is 0 Å². The third-order valence-electron chi connectivity index (χ3n) is 2.57. The van der Waals surface area contributed by atoms with Gasteiger partial charge >= 0.3 is 5.69 Å². The number of nitro groups is 1. The first-order valence-corrected chi connectivity index (χ1v) is 5.63. The highest BCUT2D eigenvalue weighted by Gasteiger charge is 2.12. The smallest absolute Gasteiger partial charge is 0.310 e. The standard InChI is InChI=1S/C13H13N3O2/c17-16(18)13-10-14-8-7-12(13)15-9-6-11-4-2-1-3-5-11/h1-5,7-8,10H,6,9H2,(H,14,15). The van der Waals surface area contributed by atoms with Gasteiger partial charge in [-0.3, -0.25) is 15.1 Å². The molecule has 1 aromatic carbocycles. The van der Waals surface area contributed by atoms with Crippen LogP contribution in [0.25, 0.3) is 0 Å². The highest BCUT2D eigenvalue weighted by atomic mass is 16.6. The van der Waals surface area contributed by atoms with E-state index >= 15 is 0 Å². The molecule has 2 rings (SSSR count). The molecule has 2 aromatic rings. The van der Waals surface area contributed by atoms with Crippen LogP contribution in [-0.2, 0) is 6.42 Å². The second-order valence-corrected chi connectivity index (χ2v) is 3.81. The average molecular weight is 243 g/mol. The number of benzene rings is 1. The predicted octanol–water partition coefficient (Wildman–Crippen LogP) is 2.64. The summed E-state index contributed by atoms with van der Waals surface area (Å²) in [5.41, 5.74) is 1.71. The van der Waals surface area contributed by atoms with Crippen molar-refractivity contribution in [1.82, 2.24) is 4.98 Å². The summed E-state index contributed by atoms with van der Waals surface area (Å²) in [6.07, 6.45) is 3.61. The summed E-state index contributed by atoms with van der Waals surface area (Å²) >= 11 is 0. The number of aromatic nitrogens is 1. The van der Waals surface area contributed by atoms with E-state index in [0.29, 0.717) is 12.2 Å². The van der Waals surface area contributed by atoms with Crippen molar-refractivity contribution in [2.24, 2.45) is 0 Å². The average Bonchev–Trinajstić information content (AvgIpc) is 2.40. The molecule has 0 radical (unpaired) electrons. The SMILES string of the molecule is O=[N+]([O-])c1cnccc1NCCc1ccccc1. The van der Waals surface area contributed by atoms with Gasteiger partial charge in [0.05, 0.1) is 4.92 Å². The Morgan fingerprint density at radius 2 is 2.00 bits per heavy atom. The Morgan fingerprint density at radius 3 is 2.72 bits per heavy atom. The van der Waals surface area contributed by atoms with Crippen LogP contribution in [0.2, 0.25) is 0 Å². The van der Waals surface area contributed by atoms with Gasteiger partial charge in [-0.1, -0.05) is 30.3 Å². The van der Waals surface area contributed by atoms with Crippen molar-refractivity contribution in [2.45, 2.75) is 6.42 Å². The van der Waals surface area contributed by atoms with Crippen LogP contribution >= 0.6 is 0 Å². The molecule has 92 valence electrons. The lowest BCUT2D eigenvalue weighted by Gasteiger charge is -2.06. The van der Waals surface area contributed by atoms with E-state index in [0.717, 1.165) is 6.42 Å². The van der Waals surface area contributed by atoms with Crippen LogP contribution in [0, 0.1) is 10.1 Å². The zero-order chi connectivity index (χ0) is 12.8. The maximum Gasteiger partial charge on any atom is 0.310 e. The van der Waals surface area contributed by atoms with Crippen LogP contribution in [0.3, 0.4) is 0 Å². The van der Waals surface area contributed by atoms with Gasteiger partial charge in [-0.2, -0.15) is 0 Å². The lowest BCUT2D eigenvalue weighted by molar-refractivity contribution is -0.384. The van der Waals surface area contributed by atoms with E-state index in [1.165, 1.54) is 18.0 Å². The third-order valence-corrected chi connectivity index (χ3v) is 2.57. The van der Waals surface area contributed by atoms with Crippen LogP contribution in [0.15, 0.2) is 48.8 Å². The molecule has 0 spiro atoms. The molecular formula is C13H13N3O2. The molecule has 0 aliphatic carbocycles. The molecule has 0 saturated carbocycles. The van der Waals surface area contributed by atoms with Crippen molar-refractivity contribution in [1.29, 1.82) is 0 Å². The summed E-state index contributed by atoms with van der Waals surface area (Å²) in [5.74, 6) is 0. The van der Waals surface area contributed by atoms with E-state index < -0.39 is 4.92 Å². The van der Waals surface area contributed by atoms with Gasteiger partial charge in [-0.05, 0) is 18.1 Å². The van der Waals surface area contributed by atoms with Crippen molar-refractivity contribution in [3.05, 3.63) is 64.5 Å². The molecule has 0 saturated heterocycles. The van der Waals surface area contributed by atoms with Crippen LogP contribution < -0.4 is 5.32 Å². The normalized spacial score (nSPS) is 10.0. The molecule has 0 aliphatic heterocycles. The maximum atomic E-state index is 10.8. The summed E-state index contributed by atoms with van der Waals surface area (Å²) in [7, 11) is 0. The lowest BCUT2D eigenvalue weighted by atomic mass is 10.1. The lowest BCUT2D eigenvalue weighted by Crippen LogP contribution is -2.07. The Balaban J connectivity index is 1.97. The van der Waals surface area contributed by atoms with Crippen LogP contribution in [0.4, 0.5) is 11.4 Å². The van der Waals surface area contributed by atoms with Gasteiger partial charge in [0.25, 0.3) is 0 Å². The largest absolute Gasteiger partial charge is 0.379 e. The molecular weight excluding hydrogens is 230 g/mol. The number of nitrogens with one attached hydrogen (secondary N) is 1. The molecule has 0 fully saturated rings. The highest BCUT2D eigenvalue weighted by molar-refractivity contribution is 5.59. The number of anilines is 1. The van der Waals surface area contributed by atoms with E-state index in [9.17, 15) is 10.1 Å². The zero-order valence-corrected chi connectivity index (χ0v) is 9.74. The number of hydrogen-bond donors (Lipinski definition) is 1. The maximum absolute atomic E-state index is 10.8. The van der Waals surface area contributed by atoms with Gasteiger partial charge < -0.3 is 5.32 Å². The molecule has 5 heteroatoms. The first-order chi connectivity index (χ1) is 8.77. The molecule has 0 unspecified atom stereocenters. The first kappa shape index (κ1) is 12.0. The van der Waals surface area contributed by atoms with Gasteiger partial charge in [0.1, 0.15) is 11.9 Å². The highest BCUT2D eigenvalue weighted by Crippen LogP contribution is 2.21. The Hall–Kier alpha value is -2.43. The topological polar surface area (TPSA) is 68.1 Å². The van der Waals surface area contributed by atoms with Crippen molar-refractivity contribution in [2.75, 3.05) is 11.9 Å². The van der Waals surface area contributed by atoms with Crippen LogP contribution in [0.1, 0.15) is 5.56 Å². The molecule has 1 heterocycles. The fourth-order valence-corrected chi connectivity index (χ4v) is 1.67. The van der Waals surface area contributed by atoms with Crippen molar-refractivity contribution in [3.8, 4) is 0 Å². The van der Waals surface area contributed by atoms with Gasteiger partial charge in [-0.15, -0.1) is 0 Å². The Morgan fingerprint density at radius 1 is 1.22 bits per heavy atom. The second kappa shape index (κ2) is 5.77. The summed E-state index contributed by atoms with van der Waals surface area (Å²) in [6.45, 7) is 0.648. The fourth-order valence-electron chi connectivity index (χ4n) is 1.67. The van der Waals surface area contributed by atoms with Gasteiger partial charge in [0, 0.05) is 12.7 Å². The minimum atomic E-state index is -0.433. The first-order valence-electron chi connectivity index (χ1n) is 5.63. The summed E-state index contributed by atoms with van der Waals surface area (Å²) in [4.78, 5) is 14.1. The summed E-state index contributed by atoms with van der Waals surface area (Å²) < 4.78 is 0. The molecule has 0 amide bonds. The van der Waals surface area contributed by atoms with E-state index in [4.69, 9.17) is 0 Å². The summed E-state index contributed by atoms with van der Waals surface area (Å²) in [6, 6.07) is 11.6. The minimum Gasteiger partial charge on any atom is -0.379 e. The van der Waals surface area contributed by atoms with Crippen LogP contribution in [-0.4, -0.2) is 16.5 Å². The van der Waals surface area contributed by atoms with E-state index in [1.807, 2.05) is 30.3 Å². The van der Waals surface area contributed by atoms with Crippen molar-refractivity contribution >= 4 is 11.4 Å². The molecule has 1 aromatic heterocycles. The fraction of sp³-hybridized carbons (Fsp3) is 0.154. The molecule has 0 bridgehead atoms. The Labute approximate surface area is 105 Å². The van der Waals surface area contributed by atoms with Gasteiger partial charge in [0.2, 0.25) is 0 Å². The molecule has 18 heavy (non-hydrogen) atoms.